The number of benzene rings is 2. The van der Waals surface area contributed by atoms with Gasteiger partial charge in [-0.05, 0) is 35.0 Å². The van der Waals surface area contributed by atoms with E-state index >= 15 is 0 Å². The average Bonchev–Trinajstić information content (AvgIpc) is 2.61. The molecule has 0 radical (unpaired) electrons. The summed E-state index contributed by atoms with van der Waals surface area (Å²) in [6.45, 7) is 0. The summed E-state index contributed by atoms with van der Waals surface area (Å²) in [6.07, 6.45) is 0. The highest BCUT2D eigenvalue weighted by molar-refractivity contribution is 5.82. The van der Waals surface area contributed by atoms with Crippen LogP contribution < -0.4 is 10.2 Å². The number of para-hydroxylation sites is 1. The lowest BCUT2D eigenvalue weighted by atomic mass is 10.2. The van der Waals surface area contributed by atoms with E-state index in [-0.39, 0.29) is 41.7 Å². The summed E-state index contributed by atoms with van der Waals surface area (Å²) in [5.41, 5.74) is -0.671. The Labute approximate surface area is 117 Å². The van der Waals surface area contributed by atoms with Gasteiger partial charge < -0.3 is 4.74 Å². The van der Waals surface area contributed by atoms with Gasteiger partial charge in [0.05, 0.1) is 6.85 Å². The summed E-state index contributed by atoms with van der Waals surface area (Å²) >= 11 is 0. The third kappa shape index (κ3) is 2.47. The molecule has 0 aliphatic heterocycles. The van der Waals surface area contributed by atoms with E-state index in [9.17, 15) is 4.79 Å². The molecule has 0 amide bonds. The highest BCUT2D eigenvalue weighted by Crippen LogP contribution is 2.20. The van der Waals surface area contributed by atoms with Gasteiger partial charge in [0.2, 0.25) is 5.43 Å². The van der Waals surface area contributed by atoms with Gasteiger partial charge in [0.1, 0.15) is 5.75 Å². The van der Waals surface area contributed by atoms with E-state index in [4.69, 9.17) is 11.6 Å². The van der Waals surface area contributed by atoms with Gasteiger partial charge in [-0.1, -0.05) is 48.5 Å². The lowest BCUT2D eigenvalue weighted by Gasteiger charge is -2.02. The van der Waals surface area contributed by atoms with Crippen LogP contribution in [0.15, 0.2) is 77.5 Å². The normalized spacial score (nSPS) is 14.0. The van der Waals surface area contributed by atoms with Gasteiger partial charge >= 0.3 is 0 Å². The molecule has 0 spiro atoms. The van der Waals surface area contributed by atoms with Crippen molar-refractivity contribution in [2.75, 3.05) is 0 Å². The molecule has 0 aliphatic carbocycles. The van der Waals surface area contributed by atoms with E-state index in [0.29, 0.717) is 10.8 Å². The first kappa shape index (κ1) is 7.10. The predicted octanol–water partition coefficient (Wildman–Crippen LogP) is 3.99. The van der Waals surface area contributed by atoms with Crippen LogP contribution in [0.4, 0.5) is 0 Å². The number of hydrogen-bond donors (Lipinski definition) is 0. The smallest absolute Gasteiger partial charge is 0.221 e. The lowest BCUT2D eigenvalue weighted by molar-refractivity contribution is 0.479. The van der Waals surface area contributed by atoms with Gasteiger partial charge in [0.15, 0.2) is 5.75 Å². The average molecular weight is 253 g/mol. The molecule has 3 aromatic rings. The summed E-state index contributed by atoms with van der Waals surface area (Å²) < 4.78 is 44.8. The van der Waals surface area contributed by atoms with Crippen molar-refractivity contribution in [1.29, 1.82) is 0 Å². The number of ether oxygens (including phenoxy) is 1. The second-order valence-corrected chi connectivity index (χ2v) is 3.83. The van der Waals surface area contributed by atoms with Gasteiger partial charge in [0, 0.05) is 0 Å². The van der Waals surface area contributed by atoms with Gasteiger partial charge in [-0.15, -0.1) is 0 Å². The molecule has 0 saturated carbocycles. The molecule has 0 aliphatic rings. The Morgan fingerprint density at radius 1 is 0.895 bits per heavy atom. The third-order valence-electron chi connectivity index (χ3n) is 2.54. The van der Waals surface area contributed by atoms with Crippen molar-refractivity contribution >= 4 is 10.8 Å². The highest BCUT2D eigenvalue weighted by Gasteiger charge is 2.02. The second kappa shape index (κ2) is 4.94. The van der Waals surface area contributed by atoms with Crippen LogP contribution >= 0.6 is 0 Å². The van der Waals surface area contributed by atoms with Crippen molar-refractivity contribution in [2.24, 2.45) is 0 Å². The van der Waals surface area contributed by atoms with Crippen molar-refractivity contribution in [3.05, 3.63) is 82.9 Å². The van der Waals surface area contributed by atoms with Crippen LogP contribution in [0.5, 0.6) is 11.5 Å². The molecule has 0 N–H and O–H groups in total. The van der Waals surface area contributed by atoms with E-state index < -0.39 is 5.43 Å². The molecular formula is C17H12O2. The van der Waals surface area contributed by atoms with Gasteiger partial charge in [-0.3, -0.25) is 4.79 Å². The topological polar surface area (TPSA) is 26.3 Å². The zero-order valence-corrected chi connectivity index (χ0v) is 9.86. The fourth-order valence-electron chi connectivity index (χ4n) is 1.65. The van der Waals surface area contributed by atoms with Crippen LogP contribution in [0, 0.1) is 0 Å². The van der Waals surface area contributed by atoms with Gasteiger partial charge in [-0.25, -0.2) is 0 Å². The van der Waals surface area contributed by atoms with E-state index in [1.165, 1.54) is 12.1 Å². The highest BCUT2D eigenvalue weighted by atomic mass is 16.5. The van der Waals surface area contributed by atoms with Crippen LogP contribution in [0.1, 0.15) is 6.85 Å². The third-order valence-corrected chi connectivity index (χ3v) is 2.54. The summed E-state index contributed by atoms with van der Waals surface area (Å²) in [4.78, 5) is 12.3. The Kier molecular flexibility index (Phi) is 1.85. The summed E-state index contributed by atoms with van der Waals surface area (Å²) in [6, 6.07) is 9.41. The van der Waals surface area contributed by atoms with Gasteiger partial charge in [-0.2, -0.15) is 0 Å². The van der Waals surface area contributed by atoms with Crippen molar-refractivity contribution in [2.45, 2.75) is 0 Å². The fraction of sp³-hybridized carbons (Fsp3) is 0. The first-order chi connectivity index (χ1) is 11.4. The largest absolute Gasteiger partial charge is 0.453 e. The fourth-order valence-corrected chi connectivity index (χ4v) is 1.65. The first-order valence-corrected chi connectivity index (χ1v) is 5.67. The molecule has 0 bridgehead atoms. The van der Waals surface area contributed by atoms with Crippen LogP contribution in [-0.4, -0.2) is 0 Å². The SMILES string of the molecule is [2H]c1cc([2H])c(Oc2c([2H])c3ccccc3c([2H])cc2=O)c([2H])c1. The zero-order valence-electron chi connectivity index (χ0n) is 14.9. The van der Waals surface area contributed by atoms with E-state index in [2.05, 4.69) is 0 Å². The van der Waals surface area contributed by atoms with Crippen molar-refractivity contribution in [3.8, 4) is 11.5 Å². The number of rotatable bonds is 2. The van der Waals surface area contributed by atoms with Crippen LogP contribution in [0.2, 0.25) is 0 Å². The van der Waals surface area contributed by atoms with E-state index in [1.54, 1.807) is 24.3 Å². The van der Waals surface area contributed by atoms with Crippen LogP contribution in [0.3, 0.4) is 0 Å². The minimum atomic E-state index is -0.671. The molecule has 3 aromatic carbocycles. The number of hydrogen-bond acceptors (Lipinski definition) is 2. The maximum Gasteiger partial charge on any atom is 0.221 e. The molecule has 0 aromatic heterocycles. The Hall–Kier alpha value is -2.61. The molecule has 3 rings (SSSR count). The molecule has 0 fully saturated rings. The monoisotopic (exact) mass is 253 g/mol. The zero-order chi connectivity index (χ0) is 17.4. The Balaban J connectivity index is 2.29. The molecule has 2 heteroatoms. The molecule has 2 nitrogen and oxygen atoms in total. The van der Waals surface area contributed by atoms with Crippen molar-refractivity contribution < 1.29 is 11.6 Å². The minimum absolute atomic E-state index is 0.0108. The van der Waals surface area contributed by atoms with E-state index in [1.807, 2.05) is 0 Å². The molecular weight excluding hydrogens is 236 g/mol. The molecule has 0 heterocycles. The molecule has 0 unspecified atom stereocenters. The first-order valence-electron chi connectivity index (χ1n) is 8.17. The van der Waals surface area contributed by atoms with E-state index in [0.717, 1.165) is 6.07 Å². The summed E-state index contributed by atoms with van der Waals surface area (Å²) in [7, 11) is 0. The summed E-state index contributed by atoms with van der Waals surface area (Å²) in [5, 5.41) is 0.808. The molecule has 92 valence electrons. The molecule has 0 atom stereocenters. The Morgan fingerprint density at radius 3 is 2.42 bits per heavy atom. The predicted molar refractivity (Wildman–Crippen MR) is 76.7 cm³/mol. The lowest BCUT2D eigenvalue weighted by Crippen LogP contribution is -1.99. The minimum Gasteiger partial charge on any atom is -0.453 e. The van der Waals surface area contributed by atoms with Crippen LogP contribution in [0.25, 0.3) is 10.8 Å². The molecule has 19 heavy (non-hydrogen) atoms. The second-order valence-electron chi connectivity index (χ2n) is 3.83. The maximum atomic E-state index is 12.3. The quantitative estimate of drug-likeness (QED) is 0.690. The van der Waals surface area contributed by atoms with Crippen molar-refractivity contribution in [3.63, 3.8) is 0 Å². The Morgan fingerprint density at radius 2 is 1.63 bits per heavy atom. The van der Waals surface area contributed by atoms with Gasteiger partial charge in [0.25, 0.3) is 0 Å². The van der Waals surface area contributed by atoms with Crippen molar-refractivity contribution in [1.82, 2.24) is 0 Å². The van der Waals surface area contributed by atoms with Crippen LogP contribution in [-0.2, 0) is 0 Å². The number of fused-ring (bicyclic) bond motifs is 1. The standard InChI is InChI=1S/C17H12O2/c18-16-11-10-13-6-4-5-7-14(13)12-17(16)19-15-8-2-1-3-9-15/h1-12H/i1D,8D,9D,10D,12D. The molecule has 0 saturated heterocycles. The maximum absolute atomic E-state index is 12.3. The summed E-state index contributed by atoms with van der Waals surface area (Å²) in [5.74, 6) is -0.539. The Bertz CT molecular complexity index is 994.